The van der Waals surface area contributed by atoms with E-state index in [2.05, 4.69) is 23.2 Å². The minimum absolute atomic E-state index is 0.116. The zero-order chi connectivity index (χ0) is 13.9. The van der Waals surface area contributed by atoms with E-state index < -0.39 is 0 Å². The Balaban J connectivity index is 2.00. The number of hydrogen-bond donors (Lipinski definition) is 1. The monoisotopic (exact) mass is 266 g/mol. The quantitative estimate of drug-likeness (QED) is 0.868. The lowest BCUT2D eigenvalue weighted by Gasteiger charge is -2.45. The van der Waals surface area contributed by atoms with Crippen LogP contribution in [0, 0.1) is 0 Å². The molecule has 2 rings (SSSR count). The van der Waals surface area contributed by atoms with Crippen LogP contribution in [0.2, 0.25) is 0 Å². The number of nitrogens with two attached hydrogens (primary N) is 1. The van der Waals surface area contributed by atoms with Crippen LogP contribution in [0.5, 0.6) is 0 Å². The second-order valence-corrected chi connectivity index (χ2v) is 5.74. The first-order valence-corrected chi connectivity index (χ1v) is 7.01. The van der Waals surface area contributed by atoms with Crippen molar-refractivity contribution in [1.82, 2.24) is 14.7 Å². The fraction of sp³-hybridized carbons (Fsp3) is 0.786. The lowest BCUT2D eigenvalue weighted by atomic mass is 9.79. The third kappa shape index (κ3) is 3.16. The standard InChI is InChI=1S/C14H26N4O/c1-17(9-12-8-16-18(2)10-12)14(11-15)6-4-13(19-3)5-7-14/h8,10,13H,4-7,9,11,15H2,1-3H3. The first-order valence-electron chi connectivity index (χ1n) is 7.01. The highest BCUT2D eigenvalue weighted by molar-refractivity contribution is 5.06. The van der Waals surface area contributed by atoms with Gasteiger partial charge >= 0.3 is 0 Å². The first-order chi connectivity index (χ1) is 9.09. The van der Waals surface area contributed by atoms with Crippen molar-refractivity contribution in [2.45, 2.75) is 43.9 Å². The Bertz CT molecular complexity index is 396. The maximum Gasteiger partial charge on any atom is 0.0572 e. The van der Waals surface area contributed by atoms with E-state index in [1.54, 1.807) is 7.11 Å². The van der Waals surface area contributed by atoms with Gasteiger partial charge in [-0.3, -0.25) is 9.58 Å². The molecule has 0 aliphatic heterocycles. The molecule has 0 aromatic carbocycles. The van der Waals surface area contributed by atoms with Crippen molar-refractivity contribution in [1.29, 1.82) is 0 Å². The van der Waals surface area contributed by atoms with Gasteiger partial charge in [-0.05, 0) is 32.7 Å². The summed E-state index contributed by atoms with van der Waals surface area (Å²) in [5.74, 6) is 0. The van der Waals surface area contributed by atoms with Gasteiger partial charge in [0.15, 0.2) is 0 Å². The van der Waals surface area contributed by atoms with Gasteiger partial charge in [-0.1, -0.05) is 0 Å². The zero-order valence-corrected chi connectivity index (χ0v) is 12.3. The molecule has 0 spiro atoms. The summed E-state index contributed by atoms with van der Waals surface area (Å²) in [6.45, 7) is 1.61. The normalized spacial score (nSPS) is 27.9. The molecule has 0 atom stereocenters. The number of methoxy groups -OCH3 is 1. The fourth-order valence-corrected chi connectivity index (χ4v) is 3.10. The van der Waals surface area contributed by atoms with Gasteiger partial charge in [0.25, 0.3) is 0 Å². The molecular formula is C14H26N4O. The summed E-state index contributed by atoms with van der Waals surface area (Å²) in [4.78, 5) is 2.40. The molecule has 0 radical (unpaired) electrons. The first kappa shape index (κ1) is 14.5. The van der Waals surface area contributed by atoms with Crippen LogP contribution in [-0.4, -0.2) is 47.0 Å². The van der Waals surface area contributed by atoms with E-state index in [1.807, 2.05) is 17.9 Å². The average Bonchev–Trinajstić information content (AvgIpc) is 2.84. The molecule has 0 bridgehead atoms. The summed E-state index contributed by atoms with van der Waals surface area (Å²) >= 11 is 0. The molecule has 1 aliphatic carbocycles. The minimum atomic E-state index is 0.116. The Labute approximate surface area is 115 Å². The van der Waals surface area contributed by atoms with Gasteiger partial charge in [0, 0.05) is 44.5 Å². The van der Waals surface area contributed by atoms with E-state index in [0.717, 1.165) is 32.2 Å². The second-order valence-electron chi connectivity index (χ2n) is 5.74. The van der Waals surface area contributed by atoms with Crippen LogP contribution in [0.4, 0.5) is 0 Å². The summed E-state index contributed by atoms with van der Waals surface area (Å²) in [5.41, 5.74) is 7.44. The number of aromatic nitrogens is 2. The van der Waals surface area contributed by atoms with Crippen LogP contribution < -0.4 is 5.73 Å². The molecule has 0 unspecified atom stereocenters. The summed E-state index contributed by atoms with van der Waals surface area (Å²) in [7, 11) is 5.93. The highest BCUT2D eigenvalue weighted by atomic mass is 16.5. The van der Waals surface area contributed by atoms with Crippen molar-refractivity contribution in [2.75, 3.05) is 20.7 Å². The molecule has 2 N–H and O–H groups in total. The molecule has 1 aliphatic rings. The molecule has 5 heteroatoms. The highest BCUT2D eigenvalue weighted by Crippen LogP contribution is 2.34. The minimum Gasteiger partial charge on any atom is -0.381 e. The predicted molar refractivity (Wildman–Crippen MR) is 75.7 cm³/mol. The largest absolute Gasteiger partial charge is 0.381 e. The average molecular weight is 266 g/mol. The Hall–Kier alpha value is -0.910. The molecule has 0 amide bonds. The van der Waals surface area contributed by atoms with Crippen molar-refractivity contribution < 1.29 is 4.74 Å². The van der Waals surface area contributed by atoms with Crippen molar-refractivity contribution in [3.05, 3.63) is 18.0 Å². The predicted octanol–water partition coefficient (Wildman–Crippen LogP) is 1.14. The fourth-order valence-electron chi connectivity index (χ4n) is 3.10. The molecule has 1 heterocycles. The maximum absolute atomic E-state index is 6.08. The van der Waals surface area contributed by atoms with Gasteiger partial charge in [0.05, 0.1) is 12.3 Å². The van der Waals surface area contributed by atoms with E-state index in [0.29, 0.717) is 12.6 Å². The Morgan fingerprint density at radius 1 is 1.53 bits per heavy atom. The summed E-state index contributed by atoms with van der Waals surface area (Å²) in [6.07, 6.45) is 8.84. The summed E-state index contributed by atoms with van der Waals surface area (Å²) in [5, 5.41) is 4.23. The van der Waals surface area contributed by atoms with Crippen molar-refractivity contribution in [3.8, 4) is 0 Å². The number of likely N-dealkylation sites (N-methyl/N-ethyl adjacent to an activating group) is 1. The topological polar surface area (TPSA) is 56.3 Å². The van der Waals surface area contributed by atoms with Crippen molar-refractivity contribution in [3.63, 3.8) is 0 Å². The van der Waals surface area contributed by atoms with E-state index in [-0.39, 0.29) is 5.54 Å². The molecule has 1 saturated carbocycles. The van der Waals surface area contributed by atoms with Gasteiger partial charge in [0.1, 0.15) is 0 Å². The van der Waals surface area contributed by atoms with E-state index in [4.69, 9.17) is 10.5 Å². The second kappa shape index (κ2) is 6.03. The lowest BCUT2D eigenvalue weighted by molar-refractivity contribution is 0.000497. The molecular weight excluding hydrogens is 240 g/mol. The van der Waals surface area contributed by atoms with Crippen molar-refractivity contribution >= 4 is 0 Å². The van der Waals surface area contributed by atoms with E-state index >= 15 is 0 Å². The lowest BCUT2D eigenvalue weighted by Crippen LogP contribution is -2.54. The van der Waals surface area contributed by atoms with Crippen LogP contribution in [-0.2, 0) is 18.3 Å². The van der Waals surface area contributed by atoms with Gasteiger partial charge in [0.2, 0.25) is 0 Å². The molecule has 1 fully saturated rings. The molecule has 0 saturated heterocycles. The Kier molecular flexibility index (Phi) is 4.60. The third-order valence-electron chi connectivity index (χ3n) is 4.56. The number of hydrogen-bond acceptors (Lipinski definition) is 4. The van der Waals surface area contributed by atoms with Gasteiger partial charge < -0.3 is 10.5 Å². The van der Waals surface area contributed by atoms with Crippen molar-refractivity contribution in [2.24, 2.45) is 12.8 Å². The summed E-state index contributed by atoms with van der Waals surface area (Å²) in [6, 6.07) is 0. The van der Waals surface area contributed by atoms with Crippen LogP contribution in [0.15, 0.2) is 12.4 Å². The molecule has 19 heavy (non-hydrogen) atoms. The third-order valence-corrected chi connectivity index (χ3v) is 4.56. The van der Waals surface area contributed by atoms with Crippen LogP contribution in [0.25, 0.3) is 0 Å². The Morgan fingerprint density at radius 2 is 2.21 bits per heavy atom. The molecule has 1 aromatic heterocycles. The smallest absolute Gasteiger partial charge is 0.0572 e. The zero-order valence-electron chi connectivity index (χ0n) is 12.3. The SMILES string of the molecule is COC1CCC(CN)(N(C)Cc2cnn(C)c2)CC1. The molecule has 1 aromatic rings. The number of rotatable bonds is 5. The van der Waals surface area contributed by atoms with E-state index in [1.165, 1.54) is 5.56 Å². The van der Waals surface area contributed by atoms with Gasteiger partial charge in [-0.2, -0.15) is 5.10 Å². The van der Waals surface area contributed by atoms with Crippen LogP contribution >= 0.6 is 0 Å². The van der Waals surface area contributed by atoms with Crippen LogP contribution in [0.3, 0.4) is 0 Å². The van der Waals surface area contributed by atoms with E-state index in [9.17, 15) is 0 Å². The van der Waals surface area contributed by atoms with Gasteiger partial charge in [-0.15, -0.1) is 0 Å². The van der Waals surface area contributed by atoms with Gasteiger partial charge in [-0.25, -0.2) is 0 Å². The molecule has 5 nitrogen and oxygen atoms in total. The number of nitrogens with zero attached hydrogens (tertiary/aromatic N) is 3. The summed E-state index contributed by atoms with van der Waals surface area (Å²) < 4.78 is 7.30. The maximum atomic E-state index is 6.08. The highest BCUT2D eigenvalue weighted by Gasteiger charge is 2.37. The van der Waals surface area contributed by atoms with Crippen LogP contribution in [0.1, 0.15) is 31.2 Å². The number of aryl methyl sites for hydroxylation is 1. The molecule has 108 valence electrons. The Morgan fingerprint density at radius 3 is 2.68 bits per heavy atom. The number of ether oxygens (including phenoxy) is 1.